The van der Waals surface area contributed by atoms with Gasteiger partial charge in [-0.05, 0) is 60.4 Å². The second-order valence-corrected chi connectivity index (χ2v) is 8.22. The second-order valence-electron chi connectivity index (χ2n) is 7.35. The Morgan fingerprint density at radius 3 is 2.14 bits per heavy atom. The SMILES string of the molecule is C=C(c1ccc(Cl)cc1)C1COC2(CCC(Nc3ccc(Cl)cc3)CC2)OO1. The first kappa shape index (κ1) is 19.7. The summed E-state index contributed by atoms with van der Waals surface area (Å²) < 4.78 is 6.12. The Kier molecular flexibility index (Phi) is 5.95. The third kappa shape index (κ3) is 4.53. The second kappa shape index (κ2) is 8.44. The van der Waals surface area contributed by atoms with Gasteiger partial charge in [0.25, 0.3) is 0 Å². The molecule has 1 aliphatic heterocycles. The van der Waals surface area contributed by atoms with E-state index in [0.717, 1.165) is 47.5 Å². The monoisotopic (exact) mass is 419 g/mol. The molecule has 0 bridgehead atoms. The third-order valence-electron chi connectivity index (χ3n) is 5.38. The smallest absolute Gasteiger partial charge is 0.201 e. The Bertz CT molecular complexity index is 805. The molecule has 1 saturated carbocycles. The Labute approximate surface area is 175 Å². The van der Waals surface area contributed by atoms with Crippen LogP contribution in [0.1, 0.15) is 31.2 Å². The maximum absolute atomic E-state index is 6.12. The quantitative estimate of drug-likeness (QED) is 0.607. The van der Waals surface area contributed by atoms with Crippen molar-refractivity contribution in [3.8, 4) is 0 Å². The zero-order valence-electron chi connectivity index (χ0n) is 15.5. The van der Waals surface area contributed by atoms with Crippen LogP contribution in [0.15, 0.2) is 55.1 Å². The van der Waals surface area contributed by atoms with Crippen LogP contribution in [-0.2, 0) is 14.5 Å². The van der Waals surface area contributed by atoms with Gasteiger partial charge < -0.3 is 10.1 Å². The van der Waals surface area contributed by atoms with Gasteiger partial charge in [-0.25, -0.2) is 9.78 Å². The van der Waals surface area contributed by atoms with Gasteiger partial charge in [0.1, 0.15) is 6.10 Å². The van der Waals surface area contributed by atoms with E-state index in [1.165, 1.54) is 0 Å². The molecule has 1 saturated heterocycles. The van der Waals surface area contributed by atoms with Crippen LogP contribution in [0, 0.1) is 0 Å². The minimum absolute atomic E-state index is 0.322. The molecular formula is C22H23Cl2NO3. The van der Waals surface area contributed by atoms with Crippen molar-refractivity contribution in [3.05, 3.63) is 70.7 Å². The number of benzene rings is 2. The van der Waals surface area contributed by atoms with Crippen molar-refractivity contribution in [2.75, 3.05) is 11.9 Å². The summed E-state index contributed by atoms with van der Waals surface area (Å²) in [5, 5.41) is 4.98. The summed E-state index contributed by atoms with van der Waals surface area (Å²) in [5.74, 6) is -0.658. The zero-order valence-corrected chi connectivity index (χ0v) is 17.0. The molecule has 4 rings (SSSR count). The van der Waals surface area contributed by atoms with E-state index in [1.54, 1.807) is 0 Å². The van der Waals surface area contributed by atoms with E-state index >= 15 is 0 Å². The van der Waals surface area contributed by atoms with Crippen LogP contribution in [0.3, 0.4) is 0 Å². The fraction of sp³-hybridized carbons (Fsp3) is 0.364. The van der Waals surface area contributed by atoms with E-state index in [-0.39, 0.29) is 6.10 Å². The van der Waals surface area contributed by atoms with Crippen LogP contribution in [-0.4, -0.2) is 24.5 Å². The lowest BCUT2D eigenvalue weighted by molar-refractivity contribution is -0.483. The molecule has 1 spiro atoms. The normalized spacial score (nSPS) is 27.5. The Morgan fingerprint density at radius 1 is 0.964 bits per heavy atom. The van der Waals surface area contributed by atoms with Crippen molar-refractivity contribution in [3.63, 3.8) is 0 Å². The molecule has 6 heteroatoms. The standard InChI is InChI=1S/C22H23Cl2NO3/c1-15(16-2-4-17(23)5-3-16)21-14-26-22(28-27-21)12-10-20(11-13-22)25-19-8-6-18(24)7-9-19/h2-9,20-21,25H,1,10-14H2. The molecule has 28 heavy (non-hydrogen) atoms. The molecule has 0 aromatic heterocycles. The van der Waals surface area contributed by atoms with Gasteiger partial charge in [-0.2, -0.15) is 0 Å². The lowest BCUT2D eigenvalue weighted by Crippen LogP contribution is -2.49. The van der Waals surface area contributed by atoms with Gasteiger partial charge in [-0.1, -0.05) is 41.9 Å². The van der Waals surface area contributed by atoms with Crippen LogP contribution in [0.4, 0.5) is 5.69 Å². The number of hydrogen-bond donors (Lipinski definition) is 1. The van der Waals surface area contributed by atoms with Crippen LogP contribution in [0.25, 0.3) is 5.57 Å². The van der Waals surface area contributed by atoms with Crippen LogP contribution < -0.4 is 5.32 Å². The molecule has 2 aromatic rings. The lowest BCUT2D eigenvalue weighted by atomic mass is 9.89. The van der Waals surface area contributed by atoms with E-state index in [2.05, 4.69) is 11.9 Å². The molecule has 0 radical (unpaired) electrons. The number of ether oxygens (including phenoxy) is 1. The molecular weight excluding hydrogens is 397 g/mol. The topological polar surface area (TPSA) is 39.7 Å². The highest BCUT2D eigenvalue weighted by Gasteiger charge is 2.43. The van der Waals surface area contributed by atoms with Gasteiger partial charge in [-0.3, -0.25) is 0 Å². The Hall–Kier alpha value is -1.56. The predicted molar refractivity (Wildman–Crippen MR) is 112 cm³/mol. The fourth-order valence-electron chi connectivity index (χ4n) is 3.65. The third-order valence-corrected chi connectivity index (χ3v) is 5.88. The number of nitrogens with one attached hydrogen (secondary N) is 1. The number of anilines is 1. The predicted octanol–water partition coefficient (Wildman–Crippen LogP) is 6.10. The van der Waals surface area contributed by atoms with E-state index in [9.17, 15) is 0 Å². The summed E-state index contributed by atoms with van der Waals surface area (Å²) in [6, 6.07) is 15.7. The van der Waals surface area contributed by atoms with E-state index in [4.69, 9.17) is 37.7 Å². The van der Waals surface area contributed by atoms with Crippen molar-refractivity contribution in [2.45, 2.75) is 43.6 Å². The van der Waals surface area contributed by atoms with Crippen molar-refractivity contribution in [1.82, 2.24) is 0 Å². The summed E-state index contributed by atoms with van der Waals surface area (Å²) in [7, 11) is 0. The van der Waals surface area contributed by atoms with Crippen LogP contribution >= 0.6 is 23.2 Å². The highest BCUT2D eigenvalue weighted by Crippen LogP contribution is 2.38. The first-order valence-electron chi connectivity index (χ1n) is 9.48. The van der Waals surface area contributed by atoms with Crippen LogP contribution in [0.5, 0.6) is 0 Å². The van der Waals surface area contributed by atoms with Gasteiger partial charge in [0.15, 0.2) is 0 Å². The van der Waals surface area contributed by atoms with E-state index in [1.807, 2.05) is 48.5 Å². The van der Waals surface area contributed by atoms with Crippen molar-refractivity contribution < 1.29 is 14.5 Å². The first-order valence-corrected chi connectivity index (χ1v) is 10.2. The molecule has 2 fully saturated rings. The summed E-state index contributed by atoms with van der Waals surface area (Å²) in [5.41, 5.74) is 2.87. The molecule has 2 aromatic carbocycles. The fourth-order valence-corrected chi connectivity index (χ4v) is 3.90. The number of halogens is 2. The minimum Gasteiger partial charge on any atom is -0.382 e. The zero-order chi connectivity index (χ0) is 19.6. The molecule has 1 N–H and O–H groups in total. The molecule has 1 atom stereocenters. The van der Waals surface area contributed by atoms with Crippen molar-refractivity contribution in [2.24, 2.45) is 0 Å². The highest BCUT2D eigenvalue weighted by molar-refractivity contribution is 6.30. The molecule has 0 amide bonds. The molecule has 2 aliphatic rings. The van der Waals surface area contributed by atoms with Gasteiger partial charge in [0, 0.05) is 34.6 Å². The molecule has 1 aliphatic carbocycles. The van der Waals surface area contributed by atoms with Gasteiger partial charge >= 0.3 is 0 Å². The van der Waals surface area contributed by atoms with E-state index in [0.29, 0.717) is 17.7 Å². The number of rotatable bonds is 4. The summed E-state index contributed by atoms with van der Waals surface area (Å²) in [6.07, 6.45) is 3.11. The average molecular weight is 420 g/mol. The Balaban J connectivity index is 1.28. The summed E-state index contributed by atoms with van der Waals surface area (Å²) in [6.45, 7) is 4.56. The minimum atomic E-state index is -0.658. The highest BCUT2D eigenvalue weighted by atomic mass is 35.5. The maximum Gasteiger partial charge on any atom is 0.201 e. The Morgan fingerprint density at radius 2 is 1.57 bits per heavy atom. The van der Waals surface area contributed by atoms with Gasteiger partial charge in [0.2, 0.25) is 5.79 Å². The summed E-state index contributed by atoms with van der Waals surface area (Å²) in [4.78, 5) is 11.4. The maximum atomic E-state index is 6.12. The molecule has 1 unspecified atom stereocenters. The van der Waals surface area contributed by atoms with Crippen LogP contribution in [0.2, 0.25) is 10.0 Å². The lowest BCUT2D eigenvalue weighted by Gasteiger charge is -2.43. The van der Waals surface area contributed by atoms with Crippen molar-refractivity contribution in [1.29, 1.82) is 0 Å². The number of hydrogen-bond acceptors (Lipinski definition) is 4. The molecule has 148 valence electrons. The molecule has 4 nitrogen and oxygen atoms in total. The average Bonchev–Trinajstić information content (AvgIpc) is 2.72. The van der Waals surface area contributed by atoms with Gasteiger partial charge in [0.05, 0.1) is 6.61 Å². The molecule has 1 heterocycles. The summed E-state index contributed by atoms with van der Waals surface area (Å²) >= 11 is 11.9. The van der Waals surface area contributed by atoms with Gasteiger partial charge in [-0.15, -0.1) is 0 Å². The van der Waals surface area contributed by atoms with Crippen molar-refractivity contribution >= 4 is 34.5 Å². The largest absolute Gasteiger partial charge is 0.382 e. The van der Waals surface area contributed by atoms with E-state index < -0.39 is 5.79 Å². The first-order chi connectivity index (χ1) is 13.5.